The van der Waals surface area contributed by atoms with E-state index in [2.05, 4.69) is 17.3 Å². The summed E-state index contributed by atoms with van der Waals surface area (Å²) in [5.41, 5.74) is 1.92. The van der Waals surface area contributed by atoms with E-state index in [9.17, 15) is 0 Å². The Labute approximate surface area is 123 Å². The first-order valence-electron chi connectivity index (χ1n) is 6.90. The Morgan fingerprint density at radius 1 is 1.40 bits per heavy atom. The van der Waals surface area contributed by atoms with E-state index in [1.807, 2.05) is 30.5 Å². The summed E-state index contributed by atoms with van der Waals surface area (Å²) in [6, 6.07) is 8.19. The predicted octanol–water partition coefficient (Wildman–Crippen LogP) is 3.51. The molecular formula is C15H18ClN3O. The molecule has 1 aromatic carbocycles. The number of hydrogen-bond acceptors (Lipinski definition) is 3. The van der Waals surface area contributed by atoms with Crippen LogP contribution >= 0.6 is 11.6 Å². The quantitative estimate of drug-likeness (QED) is 0.940. The minimum atomic E-state index is 0.300. The summed E-state index contributed by atoms with van der Waals surface area (Å²) in [4.78, 5) is 0. The highest BCUT2D eigenvalue weighted by Gasteiger charge is 2.20. The van der Waals surface area contributed by atoms with Crippen LogP contribution in [0.2, 0.25) is 5.02 Å². The van der Waals surface area contributed by atoms with Crippen LogP contribution in [0.1, 0.15) is 19.8 Å². The molecule has 1 aromatic heterocycles. The van der Waals surface area contributed by atoms with Crippen molar-refractivity contribution in [2.24, 2.45) is 0 Å². The van der Waals surface area contributed by atoms with E-state index in [1.165, 1.54) is 0 Å². The van der Waals surface area contributed by atoms with Crippen LogP contribution in [0.15, 0.2) is 36.7 Å². The molecule has 106 valence electrons. The zero-order chi connectivity index (χ0) is 13.9. The van der Waals surface area contributed by atoms with Gasteiger partial charge in [-0.1, -0.05) is 17.7 Å². The Bertz CT molecular complexity index is 571. The zero-order valence-electron chi connectivity index (χ0n) is 11.4. The monoisotopic (exact) mass is 291 g/mol. The Hall–Kier alpha value is -1.52. The highest BCUT2D eigenvalue weighted by atomic mass is 35.5. The molecule has 3 rings (SSSR count). The molecule has 2 heterocycles. The molecule has 1 aliphatic heterocycles. The van der Waals surface area contributed by atoms with Crippen LogP contribution in [0, 0.1) is 0 Å². The number of anilines is 1. The predicted molar refractivity (Wildman–Crippen MR) is 80.6 cm³/mol. The molecule has 20 heavy (non-hydrogen) atoms. The van der Waals surface area contributed by atoms with E-state index in [0.29, 0.717) is 17.2 Å². The summed E-state index contributed by atoms with van der Waals surface area (Å²) in [6.07, 6.45) is 5.97. The van der Waals surface area contributed by atoms with Crippen LogP contribution in [0.3, 0.4) is 0 Å². The van der Waals surface area contributed by atoms with E-state index in [0.717, 1.165) is 30.8 Å². The fraction of sp³-hybridized carbons (Fsp3) is 0.400. The van der Waals surface area contributed by atoms with Gasteiger partial charge in [-0.15, -0.1) is 0 Å². The molecule has 1 saturated heterocycles. The van der Waals surface area contributed by atoms with E-state index < -0.39 is 0 Å². The van der Waals surface area contributed by atoms with Crippen molar-refractivity contribution in [2.45, 2.75) is 31.9 Å². The van der Waals surface area contributed by atoms with Crippen molar-refractivity contribution in [3.63, 3.8) is 0 Å². The van der Waals surface area contributed by atoms with Gasteiger partial charge in [0.15, 0.2) is 0 Å². The molecule has 2 unspecified atom stereocenters. The average Bonchev–Trinajstić information content (AvgIpc) is 2.92. The molecule has 0 bridgehead atoms. The maximum atomic E-state index is 6.34. The van der Waals surface area contributed by atoms with Crippen LogP contribution in [0.25, 0.3) is 5.69 Å². The van der Waals surface area contributed by atoms with Gasteiger partial charge in [-0.05, 0) is 38.0 Å². The summed E-state index contributed by atoms with van der Waals surface area (Å²) in [5.74, 6) is 0. The van der Waals surface area contributed by atoms with Gasteiger partial charge in [-0.25, -0.2) is 4.68 Å². The average molecular weight is 292 g/mol. The minimum Gasteiger partial charge on any atom is -0.380 e. The first-order valence-corrected chi connectivity index (χ1v) is 7.28. The number of nitrogens with one attached hydrogen (secondary N) is 1. The van der Waals surface area contributed by atoms with Gasteiger partial charge >= 0.3 is 0 Å². The maximum Gasteiger partial charge on any atom is 0.106 e. The molecule has 4 nitrogen and oxygen atoms in total. The van der Waals surface area contributed by atoms with Gasteiger partial charge in [0.05, 0.1) is 16.8 Å². The van der Waals surface area contributed by atoms with Gasteiger partial charge in [0.2, 0.25) is 0 Å². The molecule has 0 saturated carbocycles. The van der Waals surface area contributed by atoms with E-state index in [-0.39, 0.29) is 0 Å². The third kappa shape index (κ3) is 2.81. The topological polar surface area (TPSA) is 39.1 Å². The van der Waals surface area contributed by atoms with Gasteiger partial charge in [-0.2, -0.15) is 5.10 Å². The minimum absolute atomic E-state index is 0.300. The Balaban J connectivity index is 1.88. The first-order chi connectivity index (χ1) is 9.74. The van der Waals surface area contributed by atoms with Crippen LogP contribution in [0.5, 0.6) is 0 Å². The van der Waals surface area contributed by atoms with Crippen LogP contribution < -0.4 is 5.32 Å². The fourth-order valence-electron chi connectivity index (χ4n) is 2.61. The number of rotatable bonds is 3. The summed E-state index contributed by atoms with van der Waals surface area (Å²) in [6.45, 7) is 2.91. The number of halogens is 1. The summed E-state index contributed by atoms with van der Waals surface area (Å²) >= 11 is 6.34. The second kappa shape index (κ2) is 5.85. The lowest BCUT2D eigenvalue weighted by atomic mass is 10.0. The van der Waals surface area contributed by atoms with Crippen molar-refractivity contribution < 1.29 is 4.74 Å². The number of nitrogens with zero attached hydrogens (tertiary/aromatic N) is 2. The molecule has 2 aromatic rings. The van der Waals surface area contributed by atoms with Crippen molar-refractivity contribution in [3.8, 4) is 5.69 Å². The second-order valence-corrected chi connectivity index (χ2v) is 5.54. The van der Waals surface area contributed by atoms with Gasteiger partial charge in [0, 0.05) is 25.0 Å². The van der Waals surface area contributed by atoms with E-state index in [1.54, 1.807) is 10.9 Å². The van der Waals surface area contributed by atoms with Crippen LogP contribution in [-0.2, 0) is 4.74 Å². The Kier molecular flexibility index (Phi) is 3.94. The van der Waals surface area contributed by atoms with Crippen LogP contribution in [0.4, 0.5) is 5.69 Å². The third-order valence-electron chi connectivity index (χ3n) is 3.57. The zero-order valence-corrected chi connectivity index (χ0v) is 12.2. The van der Waals surface area contributed by atoms with Crippen molar-refractivity contribution in [3.05, 3.63) is 41.7 Å². The molecule has 1 fully saturated rings. The molecule has 0 amide bonds. The van der Waals surface area contributed by atoms with Gasteiger partial charge in [-0.3, -0.25) is 0 Å². The smallest absolute Gasteiger partial charge is 0.106 e. The lowest BCUT2D eigenvalue weighted by Crippen LogP contribution is -2.32. The lowest BCUT2D eigenvalue weighted by molar-refractivity contribution is 0.0232. The van der Waals surface area contributed by atoms with Gasteiger partial charge < -0.3 is 10.1 Å². The first kappa shape index (κ1) is 13.5. The summed E-state index contributed by atoms with van der Waals surface area (Å²) < 4.78 is 7.39. The Morgan fingerprint density at radius 2 is 2.30 bits per heavy atom. The Morgan fingerprint density at radius 3 is 3.05 bits per heavy atom. The number of hydrogen-bond donors (Lipinski definition) is 1. The standard InChI is InChI=1S/C15H18ClN3O/c1-11-10-12(6-9-20-11)18-14-5-2-4-13(16)15(14)19-8-3-7-17-19/h2-5,7-8,11-12,18H,6,9-10H2,1H3. The normalized spacial score (nSPS) is 22.7. The number of ether oxygens (including phenoxy) is 1. The SMILES string of the molecule is CC1CC(Nc2cccc(Cl)c2-n2cccn2)CCO1. The van der Waals surface area contributed by atoms with Crippen molar-refractivity contribution in [2.75, 3.05) is 11.9 Å². The van der Waals surface area contributed by atoms with Crippen LogP contribution in [-0.4, -0.2) is 28.5 Å². The van der Waals surface area contributed by atoms with Crippen molar-refractivity contribution >= 4 is 17.3 Å². The lowest BCUT2D eigenvalue weighted by Gasteiger charge is -2.29. The molecule has 0 radical (unpaired) electrons. The maximum absolute atomic E-state index is 6.34. The second-order valence-electron chi connectivity index (χ2n) is 5.13. The summed E-state index contributed by atoms with van der Waals surface area (Å²) in [5, 5.41) is 8.56. The third-order valence-corrected chi connectivity index (χ3v) is 3.87. The number of para-hydroxylation sites is 1. The van der Waals surface area contributed by atoms with Gasteiger partial charge in [0.25, 0.3) is 0 Å². The van der Waals surface area contributed by atoms with E-state index >= 15 is 0 Å². The van der Waals surface area contributed by atoms with Crippen molar-refractivity contribution in [1.82, 2.24) is 9.78 Å². The number of benzene rings is 1. The molecule has 1 N–H and O–H groups in total. The molecule has 1 aliphatic rings. The molecule has 0 spiro atoms. The van der Waals surface area contributed by atoms with Crippen molar-refractivity contribution in [1.29, 1.82) is 0 Å². The number of aromatic nitrogens is 2. The fourth-order valence-corrected chi connectivity index (χ4v) is 2.88. The van der Waals surface area contributed by atoms with Gasteiger partial charge in [0.1, 0.15) is 5.69 Å². The largest absolute Gasteiger partial charge is 0.380 e. The highest BCUT2D eigenvalue weighted by Crippen LogP contribution is 2.30. The molecule has 2 atom stereocenters. The molecule has 0 aliphatic carbocycles. The highest BCUT2D eigenvalue weighted by molar-refractivity contribution is 6.33. The molecule has 5 heteroatoms. The molecular weight excluding hydrogens is 274 g/mol. The van der Waals surface area contributed by atoms with E-state index in [4.69, 9.17) is 16.3 Å². The summed E-state index contributed by atoms with van der Waals surface area (Å²) in [7, 11) is 0.